The van der Waals surface area contributed by atoms with Gasteiger partial charge in [0.25, 0.3) is 5.91 Å². The van der Waals surface area contributed by atoms with Crippen molar-refractivity contribution in [2.45, 2.75) is 26.7 Å². The third-order valence-electron chi connectivity index (χ3n) is 3.82. The Morgan fingerprint density at radius 1 is 1.17 bits per heavy atom. The zero-order valence-electron chi connectivity index (χ0n) is 11.1. The van der Waals surface area contributed by atoms with Crippen LogP contribution in [0.15, 0.2) is 4.79 Å². The molecule has 0 unspecified atom stereocenters. The highest BCUT2D eigenvalue weighted by molar-refractivity contribution is 5.95. The van der Waals surface area contributed by atoms with E-state index in [1.54, 1.807) is 6.92 Å². The SMILES string of the molecule is Cc1c(C(N)=O)c(=O)c(N2CCCC2)c(C)n1C. The number of anilines is 1. The summed E-state index contributed by atoms with van der Waals surface area (Å²) in [6.07, 6.45) is 2.17. The van der Waals surface area contributed by atoms with Crippen LogP contribution in [0, 0.1) is 13.8 Å². The lowest BCUT2D eigenvalue weighted by Gasteiger charge is -2.23. The Balaban J connectivity index is 2.73. The number of pyridine rings is 1. The molecule has 1 fully saturated rings. The predicted molar refractivity (Wildman–Crippen MR) is 71.1 cm³/mol. The van der Waals surface area contributed by atoms with Crippen LogP contribution in [-0.2, 0) is 7.05 Å². The van der Waals surface area contributed by atoms with Gasteiger partial charge in [-0.05, 0) is 26.7 Å². The van der Waals surface area contributed by atoms with Gasteiger partial charge < -0.3 is 15.2 Å². The Hall–Kier alpha value is -1.78. The molecule has 0 spiro atoms. The van der Waals surface area contributed by atoms with Crippen LogP contribution in [0.25, 0.3) is 0 Å². The molecular weight excluding hydrogens is 230 g/mol. The van der Waals surface area contributed by atoms with Gasteiger partial charge in [0.05, 0.1) is 0 Å². The summed E-state index contributed by atoms with van der Waals surface area (Å²) >= 11 is 0. The normalized spacial score (nSPS) is 15.2. The minimum atomic E-state index is -0.645. The molecule has 1 aliphatic rings. The number of hydrogen-bond acceptors (Lipinski definition) is 3. The number of rotatable bonds is 2. The Morgan fingerprint density at radius 3 is 2.22 bits per heavy atom. The van der Waals surface area contributed by atoms with Crippen molar-refractivity contribution in [1.29, 1.82) is 0 Å². The second-order valence-corrected chi connectivity index (χ2v) is 4.84. The summed E-state index contributed by atoms with van der Waals surface area (Å²) < 4.78 is 1.87. The Bertz CT molecular complexity index is 554. The third-order valence-corrected chi connectivity index (χ3v) is 3.82. The molecule has 5 heteroatoms. The van der Waals surface area contributed by atoms with Gasteiger partial charge in [0.15, 0.2) is 0 Å². The third kappa shape index (κ3) is 1.79. The monoisotopic (exact) mass is 249 g/mol. The quantitative estimate of drug-likeness (QED) is 0.839. The Kier molecular flexibility index (Phi) is 3.15. The van der Waals surface area contributed by atoms with E-state index in [2.05, 4.69) is 4.90 Å². The van der Waals surface area contributed by atoms with Crippen molar-refractivity contribution >= 4 is 11.6 Å². The van der Waals surface area contributed by atoms with E-state index in [4.69, 9.17) is 5.73 Å². The van der Waals surface area contributed by atoms with E-state index in [9.17, 15) is 9.59 Å². The Morgan fingerprint density at radius 2 is 1.72 bits per heavy atom. The highest BCUT2D eigenvalue weighted by Gasteiger charge is 2.24. The van der Waals surface area contributed by atoms with Crippen LogP contribution in [0.5, 0.6) is 0 Å². The van der Waals surface area contributed by atoms with Crippen molar-refractivity contribution in [1.82, 2.24) is 4.57 Å². The topological polar surface area (TPSA) is 68.3 Å². The zero-order chi connectivity index (χ0) is 13.4. The van der Waals surface area contributed by atoms with E-state index < -0.39 is 5.91 Å². The van der Waals surface area contributed by atoms with Crippen LogP contribution >= 0.6 is 0 Å². The first kappa shape index (κ1) is 12.7. The minimum Gasteiger partial charge on any atom is -0.367 e. The van der Waals surface area contributed by atoms with Gasteiger partial charge in [-0.2, -0.15) is 0 Å². The maximum atomic E-state index is 12.4. The maximum Gasteiger partial charge on any atom is 0.254 e. The molecule has 5 nitrogen and oxygen atoms in total. The minimum absolute atomic E-state index is 0.116. The fourth-order valence-corrected chi connectivity index (χ4v) is 2.63. The molecule has 0 aromatic carbocycles. The molecule has 18 heavy (non-hydrogen) atoms. The molecule has 1 aromatic heterocycles. The summed E-state index contributed by atoms with van der Waals surface area (Å²) in [5.74, 6) is -0.645. The van der Waals surface area contributed by atoms with Crippen LogP contribution < -0.4 is 16.1 Å². The van der Waals surface area contributed by atoms with Crippen LogP contribution in [-0.4, -0.2) is 23.6 Å². The van der Waals surface area contributed by atoms with Gasteiger partial charge in [-0.3, -0.25) is 9.59 Å². The number of amides is 1. The lowest BCUT2D eigenvalue weighted by molar-refractivity contribution is 0.0998. The molecule has 2 rings (SSSR count). The van der Waals surface area contributed by atoms with Crippen molar-refractivity contribution in [2.75, 3.05) is 18.0 Å². The average molecular weight is 249 g/mol. The molecule has 2 heterocycles. The molecule has 0 aliphatic carbocycles. The molecule has 0 atom stereocenters. The van der Waals surface area contributed by atoms with E-state index in [-0.39, 0.29) is 11.0 Å². The van der Waals surface area contributed by atoms with E-state index in [0.29, 0.717) is 11.4 Å². The maximum absolute atomic E-state index is 12.4. The summed E-state index contributed by atoms with van der Waals surface area (Å²) in [7, 11) is 1.86. The van der Waals surface area contributed by atoms with Gasteiger partial charge >= 0.3 is 0 Å². The molecule has 0 bridgehead atoms. The zero-order valence-corrected chi connectivity index (χ0v) is 11.1. The molecular formula is C13H19N3O2. The second-order valence-electron chi connectivity index (χ2n) is 4.84. The fourth-order valence-electron chi connectivity index (χ4n) is 2.63. The summed E-state index contributed by atoms with van der Waals surface area (Å²) in [6.45, 7) is 5.41. The lowest BCUT2D eigenvalue weighted by atomic mass is 10.1. The van der Waals surface area contributed by atoms with Crippen LogP contribution in [0.2, 0.25) is 0 Å². The number of primary amides is 1. The first-order chi connectivity index (χ1) is 8.45. The molecule has 1 saturated heterocycles. The summed E-state index contributed by atoms with van der Waals surface area (Å²) in [5.41, 5.74) is 7.38. The van der Waals surface area contributed by atoms with E-state index in [1.165, 1.54) is 0 Å². The molecule has 1 amide bonds. The first-order valence-electron chi connectivity index (χ1n) is 6.20. The fraction of sp³-hybridized carbons (Fsp3) is 0.538. The summed E-state index contributed by atoms with van der Waals surface area (Å²) in [6, 6.07) is 0. The standard InChI is InChI=1S/C13H19N3O2/c1-8-10(13(14)18)12(17)11(9(2)15(8)3)16-6-4-5-7-16/h4-7H2,1-3H3,(H2,14,18). The second kappa shape index (κ2) is 4.48. The van der Waals surface area contributed by atoms with Crippen molar-refractivity contribution in [3.63, 3.8) is 0 Å². The molecule has 2 N–H and O–H groups in total. The highest BCUT2D eigenvalue weighted by atomic mass is 16.2. The van der Waals surface area contributed by atoms with Gasteiger partial charge in [0, 0.05) is 31.5 Å². The van der Waals surface area contributed by atoms with E-state index in [0.717, 1.165) is 31.6 Å². The molecule has 98 valence electrons. The molecule has 0 radical (unpaired) electrons. The van der Waals surface area contributed by atoms with E-state index in [1.807, 2.05) is 18.5 Å². The molecule has 1 aliphatic heterocycles. The van der Waals surface area contributed by atoms with Crippen molar-refractivity contribution < 1.29 is 4.79 Å². The number of hydrogen-bond donors (Lipinski definition) is 1. The summed E-state index contributed by atoms with van der Waals surface area (Å²) in [5, 5.41) is 0. The number of nitrogens with zero attached hydrogens (tertiary/aromatic N) is 2. The van der Waals surface area contributed by atoms with Gasteiger partial charge in [-0.1, -0.05) is 0 Å². The van der Waals surface area contributed by atoms with Crippen LogP contribution in [0.4, 0.5) is 5.69 Å². The first-order valence-corrected chi connectivity index (χ1v) is 6.20. The molecule has 0 saturated carbocycles. The number of carbonyl (C=O) groups is 1. The van der Waals surface area contributed by atoms with Crippen molar-refractivity contribution in [3.8, 4) is 0 Å². The van der Waals surface area contributed by atoms with Gasteiger partial charge in [0.1, 0.15) is 11.3 Å². The lowest BCUT2D eigenvalue weighted by Crippen LogP contribution is -2.34. The van der Waals surface area contributed by atoms with Crippen LogP contribution in [0.1, 0.15) is 34.6 Å². The largest absolute Gasteiger partial charge is 0.367 e. The number of aromatic nitrogens is 1. The Labute approximate surface area is 106 Å². The van der Waals surface area contributed by atoms with Crippen molar-refractivity contribution in [2.24, 2.45) is 12.8 Å². The van der Waals surface area contributed by atoms with Gasteiger partial charge in [-0.25, -0.2) is 0 Å². The van der Waals surface area contributed by atoms with Crippen molar-refractivity contribution in [3.05, 3.63) is 27.2 Å². The number of carbonyl (C=O) groups excluding carboxylic acids is 1. The molecule has 1 aromatic rings. The number of nitrogens with two attached hydrogens (primary N) is 1. The van der Waals surface area contributed by atoms with Gasteiger partial charge in [0.2, 0.25) is 5.43 Å². The average Bonchev–Trinajstić information content (AvgIpc) is 2.79. The van der Waals surface area contributed by atoms with Gasteiger partial charge in [-0.15, -0.1) is 0 Å². The summed E-state index contributed by atoms with van der Waals surface area (Å²) in [4.78, 5) is 26.0. The van der Waals surface area contributed by atoms with Crippen LogP contribution in [0.3, 0.4) is 0 Å². The highest BCUT2D eigenvalue weighted by Crippen LogP contribution is 2.22. The predicted octanol–water partition coefficient (Wildman–Crippen LogP) is 0.701. The smallest absolute Gasteiger partial charge is 0.254 e. The van der Waals surface area contributed by atoms with E-state index >= 15 is 0 Å².